The molecule has 0 amide bonds. The Morgan fingerprint density at radius 1 is 1.19 bits per heavy atom. The van der Waals surface area contributed by atoms with E-state index in [1.165, 1.54) is 0 Å². The Morgan fingerprint density at radius 3 is 2.50 bits per heavy atom. The fourth-order valence-electron chi connectivity index (χ4n) is 3.09. The van der Waals surface area contributed by atoms with Crippen molar-refractivity contribution in [3.63, 3.8) is 0 Å². The monoisotopic (exact) mass is 382 g/mol. The van der Waals surface area contributed by atoms with Crippen LogP contribution < -0.4 is 5.76 Å². The van der Waals surface area contributed by atoms with Gasteiger partial charge in [-0.3, -0.25) is 4.57 Å². The van der Waals surface area contributed by atoms with Gasteiger partial charge in [-0.2, -0.15) is 0 Å². The molecule has 2 rings (SSSR count). The van der Waals surface area contributed by atoms with Crippen LogP contribution in [0.2, 0.25) is 0 Å². The molecule has 7 heteroatoms. The molecule has 0 radical (unpaired) electrons. The molecule has 1 heterocycles. The van der Waals surface area contributed by atoms with E-state index in [-0.39, 0.29) is 5.76 Å². The summed E-state index contributed by atoms with van der Waals surface area (Å²) in [4.78, 5) is 12.0. The quantitative estimate of drug-likeness (QED) is 0.441. The largest absolute Gasteiger partial charge is 0.419 e. The summed E-state index contributed by atoms with van der Waals surface area (Å²) in [6.45, 7) is 11.8. The molecule has 0 N–H and O–H groups in total. The van der Waals surface area contributed by atoms with Crippen molar-refractivity contribution in [1.29, 1.82) is 0 Å². The van der Waals surface area contributed by atoms with E-state index in [0.717, 1.165) is 23.9 Å². The summed E-state index contributed by atoms with van der Waals surface area (Å²) in [6.07, 6.45) is 1.70. The molecule has 1 atom stereocenters. The van der Waals surface area contributed by atoms with Crippen molar-refractivity contribution in [2.45, 2.75) is 66.1 Å². The maximum atomic E-state index is 12.0. The summed E-state index contributed by atoms with van der Waals surface area (Å²) >= 11 is 0. The minimum atomic E-state index is -1.05. The van der Waals surface area contributed by atoms with E-state index in [1.54, 1.807) is 11.7 Å². The summed E-state index contributed by atoms with van der Waals surface area (Å²) in [5.74, 6) is -0.295. The SMILES string of the molecule is COP(OCCCCn1c(=O)oc2ccc(C)cc21)N(C(C)C)C(C)C. The van der Waals surface area contributed by atoms with Crippen LogP contribution in [0.25, 0.3) is 11.1 Å². The first-order valence-corrected chi connectivity index (χ1v) is 10.3. The second-order valence-corrected chi connectivity index (χ2v) is 8.58. The van der Waals surface area contributed by atoms with Crippen LogP contribution in [0, 0.1) is 6.92 Å². The highest BCUT2D eigenvalue weighted by Crippen LogP contribution is 2.45. The molecule has 146 valence electrons. The van der Waals surface area contributed by atoms with E-state index in [1.807, 2.05) is 25.1 Å². The third-order valence-electron chi connectivity index (χ3n) is 4.20. The van der Waals surface area contributed by atoms with Gasteiger partial charge in [0.15, 0.2) is 5.58 Å². The lowest BCUT2D eigenvalue weighted by molar-refractivity contribution is 0.191. The number of hydrogen-bond donors (Lipinski definition) is 0. The molecule has 0 bridgehead atoms. The van der Waals surface area contributed by atoms with E-state index in [9.17, 15) is 4.79 Å². The van der Waals surface area contributed by atoms with Gasteiger partial charge in [0.25, 0.3) is 8.53 Å². The predicted molar refractivity (Wildman–Crippen MR) is 106 cm³/mol. The summed E-state index contributed by atoms with van der Waals surface area (Å²) in [5.41, 5.74) is 2.62. The van der Waals surface area contributed by atoms with Gasteiger partial charge in [0.2, 0.25) is 0 Å². The van der Waals surface area contributed by atoms with Crippen molar-refractivity contribution in [2.24, 2.45) is 0 Å². The highest BCUT2D eigenvalue weighted by molar-refractivity contribution is 7.44. The topological polar surface area (TPSA) is 56.8 Å². The van der Waals surface area contributed by atoms with Gasteiger partial charge < -0.3 is 13.5 Å². The fraction of sp³-hybridized carbons (Fsp3) is 0.632. The first-order chi connectivity index (χ1) is 12.3. The average molecular weight is 382 g/mol. The Hall–Kier alpha value is -1.20. The number of unbranched alkanes of at least 4 members (excludes halogenated alkanes) is 1. The Morgan fingerprint density at radius 2 is 1.88 bits per heavy atom. The van der Waals surface area contributed by atoms with E-state index < -0.39 is 8.53 Å². The van der Waals surface area contributed by atoms with Crippen LogP contribution in [-0.4, -0.2) is 35.0 Å². The number of rotatable bonds is 10. The van der Waals surface area contributed by atoms with Crippen LogP contribution in [-0.2, 0) is 15.6 Å². The number of fused-ring (bicyclic) bond motifs is 1. The van der Waals surface area contributed by atoms with Gasteiger partial charge >= 0.3 is 5.76 Å². The summed E-state index contributed by atoms with van der Waals surface area (Å²) in [7, 11) is 0.642. The third kappa shape index (κ3) is 5.17. The smallest absolute Gasteiger partial charge is 0.408 e. The Balaban J connectivity index is 1.88. The van der Waals surface area contributed by atoms with E-state index in [4.69, 9.17) is 13.5 Å². The van der Waals surface area contributed by atoms with Crippen molar-refractivity contribution < 1.29 is 13.5 Å². The van der Waals surface area contributed by atoms with Crippen LogP contribution in [0.3, 0.4) is 0 Å². The van der Waals surface area contributed by atoms with Crippen molar-refractivity contribution in [3.8, 4) is 0 Å². The van der Waals surface area contributed by atoms with Gasteiger partial charge in [0.1, 0.15) is 0 Å². The molecule has 6 nitrogen and oxygen atoms in total. The molecular formula is C19H31N2O4P. The standard InChI is InChI=1S/C19H31N2O4P/c1-14(2)21(15(3)4)26(23-6)24-12-8-7-11-20-17-13-16(5)9-10-18(17)25-19(20)22/h9-10,13-15H,7-8,11-12H2,1-6H3. The molecule has 0 saturated carbocycles. The first kappa shape index (κ1) is 21.1. The third-order valence-corrected chi connectivity index (χ3v) is 6.22. The van der Waals surface area contributed by atoms with Gasteiger partial charge in [0, 0.05) is 25.7 Å². The van der Waals surface area contributed by atoms with Crippen LogP contribution in [0.1, 0.15) is 46.1 Å². The number of hydrogen-bond acceptors (Lipinski definition) is 5. The molecule has 0 spiro atoms. The van der Waals surface area contributed by atoms with Crippen molar-refractivity contribution >= 4 is 19.6 Å². The number of benzene rings is 1. The minimum Gasteiger partial charge on any atom is -0.408 e. The van der Waals surface area contributed by atoms with Crippen LogP contribution in [0.4, 0.5) is 0 Å². The second-order valence-electron chi connectivity index (χ2n) is 7.02. The molecule has 26 heavy (non-hydrogen) atoms. The first-order valence-electron chi connectivity index (χ1n) is 9.20. The van der Waals surface area contributed by atoms with Crippen molar-refractivity contribution in [3.05, 3.63) is 34.3 Å². The van der Waals surface area contributed by atoms with E-state index >= 15 is 0 Å². The normalized spacial score (nSPS) is 13.4. The van der Waals surface area contributed by atoms with Gasteiger partial charge in [-0.25, -0.2) is 9.46 Å². The summed E-state index contributed by atoms with van der Waals surface area (Å²) < 4.78 is 20.8. The van der Waals surface area contributed by atoms with Gasteiger partial charge in [-0.1, -0.05) is 6.07 Å². The highest BCUT2D eigenvalue weighted by atomic mass is 31.2. The Bertz CT molecular complexity index is 746. The number of aromatic nitrogens is 1. The zero-order chi connectivity index (χ0) is 19.3. The predicted octanol–water partition coefficient (Wildman–Crippen LogP) is 4.69. The summed E-state index contributed by atoms with van der Waals surface area (Å²) in [5, 5.41) is 0. The minimum absolute atomic E-state index is 0.295. The van der Waals surface area contributed by atoms with E-state index in [0.29, 0.717) is 30.8 Å². The number of oxazole rings is 1. The van der Waals surface area contributed by atoms with Crippen LogP contribution in [0.5, 0.6) is 0 Å². The number of nitrogens with zero attached hydrogens (tertiary/aromatic N) is 2. The molecule has 2 aromatic rings. The van der Waals surface area contributed by atoms with Crippen LogP contribution >= 0.6 is 8.53 Å². The maximum Gasteiger partial charge on any atom is 0.419 e. The van der Waals surface area contributed by atoms with Crippen molar-refractivity contribution in [2.75, 3.05) is 13.7 Å². The fourth-order valence-corrected chi connectivity index (χ4v) is 4.55. The van der Waals surface area contributed by atoms with Crippen molar-refractivity contribution in [1.82, 2.24) is 9.24 Å². The molecule has 1 aromatic carbocycles. The highest BCUT2D eigenvalue weighted by Gasteiger charge is 2.25. The molecule has 0 saturated heterocycles. The molecule has 0 fully saturated rings. The molecule has 0 aliphatic rings. The van der Waals surface area contributed by atoms with Gasteiger partial charge in [-0.05, 0) is 65.2 Å². The maximum absolute atomic E-state index is 12.0. The zero-order valence-electron chi connectivity index (χ0n) is 16.7. The zero-order valence-corrected chi connectivity index (χ0v) is 17.6. The molecular weight excluding hydrogens is 351 g/mol. The molecule has 1 unspecified atom stereocenters. The summed E-state index contributed by atoms with van der Waals surface area (Å²) in [6, 6.07) is 6.51. The van der Waals surface area contributed by atoms with Gasteiger partial charge in [0.05, 0.1) is 12.1 Å². The Kier molecular flexibility index (Phi) is 7.84. The number of aryl methyl sites for hydroxylation is 2. The lowest BCUT2D eigenvalue weighted by atomic mass is 10.2. The van der Waals surface area contributed by atoms with E-state index in [2.05, 4.69) is 32.4 Å². The lowest BCUT2D eigenvalue weighted by Gasteiger charge is -2.34. The van der Waals surface area contributed by atoms with Gasteiger partial charge in [-0.15, -0.1) is 0 Å². The lowest BCUT2D eigenvalue weighted by Crippen LogP contribution is -2.33. The molecule has 0 aliphatic heterocycles. The average Bonchev–Trinajstić information content (AvgIpc) is 2.87. The molecule has 1 aromatic heterocycles. The molecule has 0 aliphatic carbocycles. The van der Waals surface area contributed by atoms with Crippen LogP contribution in [0.15, 0.2) is 27.4 Å². The Labute approximate surface area is 157 Å². The second kappa shape index (κ2) is 9.65.